The topological polar surface area (TPSA) is 59.1 Å². The van der Waals surface area contributed by atoms with Gasteiger partial charge < -0.3 is 14.4 Å². The SMILES string of the molecule is COc1ccccc1C1=C(N2CC(C)OC(C)C2)C(=O)N(CC(C)C)C1=O. The summed E-state index contributed by atoms with van der Waals surface area (Å²) in [6.45, 7) is 9.52. The minimum atomic E-state index is -0.250. The van der Waals surface area contributed by atoms with E-state index in [1.165, 1.54) is 4.90 Å². The highest BCUT2D eigenvalue weighted by Gasteiger charge is 2.43. The van der Waals surface area contributed by atoms with E-state index in [2.05, 4.69) is 0 Å². The van der Waals surface area contributed by atoms with E-state index >= 15 is 0 Å². The molecule has 2 unspecified atom stereocenters. The molecule has 1 fully saturated rings. The van der Waals surface area contributed by atoms with Crippen LogP contribution in [0.25, 0.3) is 5.57 Å². The Balaban J connectivity index is 2.13. The quantitative estimate of drug-likeness (QED) is 0.744. The number of benzene rings is 1. The monoisotopic (exact) mass is 372 g/mol. The fraction of sp³-hybridized carbons (Fsp3) is 0.524. The molecule has 0 bridgehead atoms. The second-order valence-corrected chi connectivity index (χ2v) is 7.70. The Labute approximate surface area is 160 Å². The number of hydrogen-bond acceptors (Lipinski definition) is 5. The van der Waals surface area contributed by atoms with Crippen LogP contribution < -0.4 is 4.74 Å². The van der Waals surface area contributed by atoms with Gasteiger partial charge in [-0.15, -0.1) is 0 Å². The Hall–Kier alpha value is -2.34. The summed E-state index contributed by atoms with van der Waals surface area (Å²) in [5.41, 5.74) is 1.55. The molecule has 0 radical (unpaired) electrons. The molecular formula is C21H28N2O4. The third-order valence-electron chi connectivity index (χ3n) is 4.80. The van der Waals surface area contributed by atoms with E-state index in [1.54, 1.807) is 7.11 Å². The number of hydrogen-bond donors (Lipinski definition) is 0. The first kappa shape index (κ1) is 19.4. The summed E-state index contributed by atoms with van der Waals surface area (Å²) in [4.78, 5) is 29.9. The Morgan fingerprint density at radius 1 is 1.11 bits per heavy atom. The average Bonchev–Trinajstić information content (AvgIpc) is 2.85. The van der Waals surface area contributed by atoms with Crippen LogP contribution in [0.15, 0.2) is 30.0 Å². The summed E-state index contributed by atoms with van der Waals surface area (Å²) in [7, 11) is 1.57. The van der Waals surface area contributed by atoms with Crippen molar-refractivity contribution >= 4 is 17.4 Å². The zero-order chi connectivity index (χ0) is 19.7. The van der Waals surface area contributed by atoms with Crippen LogP contribution in [0.1, 0.15) is 33.3 Å². The summed E-state index contributed by atoms with van der Waals surface area (Å²) in [6.07, 6.45) is -0.0237. The van der Waals surface area contributed by atoms with Gasteiger partial charge in [-0.2, -0.15) is 0 Å². The molecule has 146 valence electrons. The molecule has 0 aliphatic carbocycles. The van der Waals surface area contributed by atoms with E-state index in [1.807, 2.05) is 56.9 Å². The second kappa shape index (κ2) is 7.72. The number of morpholine rings is 1. The lowest BCUT2D eigenvalue weighted by molar-refractivity contribution is -0.138. The van der Waals surface area contributed by atoms with Gasteiger partial charge in [0, 0.05) is 25.2 Å². The summed E-state index contributed by atoms with van der Waals surface area (Å²) in [6, 6.07) is 7.36. The molecule has 3 rings (SSSR count). The molecule has 0 spiro atoms. The van der Waals surface area contributed by atoms with Gasteiger partial charge in [0.25, 0.3) is 11.8 Å². The zero-order valence-corrected chi connectivity index (χ0v) is 16.7. The van der Waals surface area contributed by atoms with Crippen LogP contribution in [0.2, 0.25) is 0 Å². The van der Waals surface area contributed by atoms with Crippen molar-refractivity contribution in [3.05, 3.63) is 35.5 Å². The third-order valence-corrected chi connectivity index (χ3v) is 4.80. The van der Waals surface area contributed by atoms with Crippen molar-refractivity contribution in [2.75, 3.05) is 26.7 Å². The van der Waals surface area contributed by atoms with E-state index in [0.29, 0.717) is 42.2 Å². The molecule has 27 heavy (non-hydrogen) atoms. The molecule has 2 heterocycles. The number of carbonyl (C=O) groups excluding carboxylic acids is 2. The van der Waals surface area contributed by atoms with Crippen molar-refractivity contribution in [2.24, 2.45) is 5.92 Å². The molecule has 2 atom stereocenters. The summed E-state index contributed by atoms with van der Waals surface area (Å²) >= 11 is 0. The van der Waals surface area contributed by atoms with E-state index in [-0.39, 0.29) is 29.9 Å². The number of para-hydroxylation sites is 1. The number of nitrogens with zero attached hydrogens (tertiary/aromatic N) is 2. The summed E-state index contributed by atoms with van der Waals surface area (Å²) in [5, 5.41) is 0. The summed E-state index contributed by atoms with van der Waals surface area (Å²) in [5.74, 6) is 0.307. The van der Waals surface area contributed by atoms with E-state index in [9.17, 15) is 9.59 Å². The fourth-order valence-electron chi connectivity index (χ4n) is 3.84. The predicted octanol–water partition coefficient (Wildman–Crippen LogP) is 2.54. The highest BCUT2D eigenvalue weighted by Crippen LogP contribution is 2.37. The molecule has 0 saturated carbocycles. The highest BCUT2D eigenvalue weighted by atomic mass is 16.5. The Morgan fingerprint density at radius 2 is 1.74 bits per heavy atom. The van der Waals surface area contributed by atoms with Gasteiger partial charge in [0.05, 0.1) is 24.9 Å². The standard InChI is InChI=1S/C21H28N2O4/c1-13(2)10-23-20(24)18(16-8-6-7-9-17(16)26-5)19(21(23)25)22-11-14(3)27-15(4)12-22/h6-9,13-15H,10-12H2,1-5H3. The Kier molecular flexibility index (Phi) is 5.56. The smallest absolute Gasteiger partial charge is 0.277 e. The van der Waals surface area contributed by atoms with Crippen LogP contribution in [0.4, 0.5) is 0 Å². The van der Waals surface area contributed by atoms with Crippen molar-refractivity contribution < 1.29 is 19.1 Å². The Bertz CT molecular complexity index is 761. The maximum atomic E-state index is 13.3. The van der Waals surface area contributed by atoms with Gasteiger partial charge >= 0.3 is 0 Å². The molecule has 2 amide bonds. The maximum absolute atomic E-state index is 13.3. The lowest BCUT2D eigenvalue weighted by Crippen LogP contribution is -2.47. The highest BCUT2D eigenvalue weighted by molar-refractivity contribution is 6.36. The third kappa shape index (κ3) is 3.72. The van der Waals surface area contributed by atoms with Gasteiger partial charge in [-0.25, -0.2) is 0 Å². The van der Waals surface area contributed by atoms with Crippen LogP contribution >= 0.6 is 0 Å². The number of amides is 2. The first-order valence-electron chi connectivity index (χ1n) is 9.47. The van der Waals surface area contributed by atoms with Crippen molar-refractivity contribution in [3.8, 4) is 5.75 Å². The fourth-order valence-corrected chi connectivity index (χ4v) is 3.84. The van der Waals surface area contributed by atoms with Gasteiger partial charge in [-0.05, 0) is 25.8 Å². The van der Waals surface area contributed by atoms with Crippen LogP contribution in [0.3, 0.4) is 0 Å². The van der Waals surface area contributed by atoms with Gasteiger partial charge in [-0.1, -0.05) is 32.0 Å². The number of ether oxygens (including phenoxy) is 2. The number of carbonyl (C=O) groups is 2. The van der Waals surface area contributed by atoms with Crippen molar-refractivity contribution in [2.45, 2.75) is 39.9 Å². The van der Waals surface area contributed by atoms with Gasteiger partial charge in [-0.3, -0.25) is 14.5 Å². The minimum absolute atomic E-state index is 0.0118. The van der Waals surface area contributed by atoms with Gasteiger partial charge in [0.15, 0.2) is 0 Å². The van der Waals surface area contributed by atoms with Gasteiger partial charge in [0.2, 0.25) is 0 Å². The molecule has 2 aliphatic heterocycles. The van der Waals surface area contributed by atoms with E-state index < -0.39 is 0 Å². The van der Waals surface area contributed by atoms with Crippen LogP contribution in [0, 0.1) is 5.92 Å². The van der Waals surface area contributed by atoms with E-state index in [0.717, 1.165) is 0 Å². The molecule has 6 heteroatoms. The summed E-state index contributed by atoms with van der Waals surface area (Å²) < 4.78 is 11.3. The second-order valence-electron chi connectivity index (χ2n) is 7.70. The van der Waals surface area contributed by atoms with Crippen LogP contribution in [-0.2, 0) is 14.3 Å². The molecular weight excluding hydrogens is 344 g/mol. The predicted molar refractivity (Wildman–Crippen MR) is 103 cm³/mol. The van der Waals surface area contributed by atoms with Crippen molar-refractivity contribution in [1.82, 2.24) is 9.80 Å². The first-order chi connectivity index (χ1) is 12.8. The van der Waals surface area contributed by atoms with Crippen molar-refractivity contribution in [1.29, 1.82) is 0 Å². The first-order valence-corrected chi connectivity index (χ1v) is 9.47. The van der Waals surface area contributed by atoms with Gasteiger partial charge in [0.1, 0.15) is 11.4 Å². The number of imide groups is 1. The van der Waals surface area contributed by atoms with Crippen LogP contribution in [0.5, 0.6) is 5.75 Å². The zero-order valence-electron chi connectivity index (χ0n) is 16.7. The van der Waals surface area contributed by atoms with Crippen LogP contribution in [-0.4, -0.2) is 60.6 Å². The lowest BCUT2D eigenvalue weighted by atomic mass is 10.0. The lowest BCUT2D eigenvalue weighted by Gasteiger charge is -2.37. The maximum Gasteiger partial charge on any atom is 0.277 e. The van der Waals surface area contributed by atoms with E-state index in [4.69, 9.17) is 9.47 Å². The minimum Gasteiger partial charge on any atom is -0.496 e. The molecule has 6 nitrogen and oxygen atoms in total. The van der Waals surface area contributed by atoms with Crippen molar-refractivity contribution in [3.63, 3.8) is 0 Å². The molecule has 1 aromatic rings. The number of methoxy groups -OCH3 is 1. The average molecular weight is 372 g/mol. The molecule has 0 aromatic heterocycles. The molecule has 1 aromatic carbocycles. The molecule has 1 saturated heterocycles. The number of rotatable bonds is 5. The Morgan fingerprint density at radius 3 is 2.33 bits per heavy atom. The largest absolute Gasteiger partial charge is 0.496 e. The normalized spacial score (nSPS) is 23.6. The molecule has 2 aliphatic rings. The molecule has 0 N–H and O–H groups in total.